The number of rotatable bonds is 4. The summed E-state index contributed by atoms with van der Waals surface area (Å²) >= 11 is 1.72. The number of benzene rings is 1. The van der Waals surface area contributed by atoms with Crippen LogP contribution in [-0.2, 0) is 13.0 Å². The Labute approximate surface area is 122 Å². The van der Waals surface area contributed by atoms with E-state index in [9.17, 15) is 0 Å². The van der Waals surface area contributed by atoms with Gasteiger partial charge in [0.15, 0.2) is 0 Å². The van der Waals surface area contributed by atoms with Crippen molar-refractivity contribution in [2.75, 3.05) is 6.61 Å². The van der Waals surface area contributed by atoms with Gasteiger partial charge in [0, 0.05) is 12.6 Å². The highest BCUT2D eigenvalue weighted by molar-refractivity contribution is 7.11. The van der Waals surface area contributed by atoms with Crippen LogP contribution in [0.3, 0.4) is 0 Å². The van der Waals surface area contributed by atoms with Gasteiger partial charge in [-0.15, -0.1) is 10.2 Å². The van der Waals surface area contributed by atoms with E-state index in [1.54, 1.807) is 11.3 Å². The summed E-state index contributed by atoms with van der Waals surface area (Å²) in [5, 5.41) is 14.3. The first-order chi connectivity index (χ1) is 9.88. The van der Waals surface area contributed by atoms with Gasteiger partial charge in [-0.3, -0.25) is 0 Å². The van der Waals surface area contributed by atoms with Gasteiger partial charge < -0.3 is 10.1 Å². The molecule has 20 heavy (non-hydrogen) atoms. The summed E-state index contributed by atoms with van der Waals surface area (Å²) in [7, 11) is 0. The zero-order valence-corrected chi connectivity index (χ0v) is 12.0. The molecule has 0 saturated heterocycles. The summed E-state index contributed by atoms with van der Waals surface area (Å²) in [4.78, 5) is 0. The predicted octanol–water partition coefficient (Wildman–Crippen LogP) is 2.51. The lowest BCUT2D eigenvalue weighted by Gasteiger charge is -2.23. The van der Waals surface area contributed by atoms with E-state index in [4.69, 9.17) is 4.74 Å². The molecule has 2 aromatic rings. The van der Waals surface area contributed by atoms with Gasteiger partial charge >= 0.3 is 0 Å². The maximum Gasteiger partial charge on any atom is 0.131 e. The third-order valence-electron chi connectivity index (χ3n) is 3.83. The number of nitrogens with one attached hydrogen (secondary N) is 1. The van der Waals surface area contributed by atoms with Gasteiger partial charge in [0.25, 0.3) is 0 Å². The minimum atomic E-state index is 0.345. The predicted molar refractivity (Wildman–Crippen MR) is 78.2 cm³/mol. The average Bonchev–Trinajstić information content (AvgIpc) is 3.21. The minimum Gasteiger partial charge on any atom is -0.493 e. The molecule has 1 N–H and O–H groups in total. The molecule has 1 fully saturated rings. The highest BCUT2D eigenvalue weighted by atomic mass is 32.1. The minimum absolute atomic E-state index is 0.345. The molecule has 1 aromatic carbocycles. The molecular formula is C15H17N3OS. The lowest BCUT2D eigenvalue weighted by atomic mass is 9.97. The Morgan fingerprint density at radius 3 is 3.05 bits per heavy atom. The Kier molecular flexibility index (Phi) is 3.16. The van der Waals surface area contributed by atoms with Crippen molar-refractivity contribution >= 4 is 11.3 Å². The van der Waals surface area contributed by atoms with Crippen LogP contribution in [-0.4, -0.2) is 22.8 Å². The van der Waals surface area contributed by atoms with Crippen molar-refractivity contribution in [3.8, 4) is 5.75 Å². The van der Waals surface area contributed by atoms with Crippen LogP contribution >= 0.6 is 11.3 Å². The Balaban J connectivity index is 1.45. The molecule has 1 saturated carbocycles. The molecule has 4 rings (SSSR count). The highest BCUT2D eigenvalue weighted by Gasteiger charge is 2.25. The maximum atomic E-state index is 5.83. The maximum absolute atomic E-state index is 5.83. The number of ether oxygens (including phenoxy) is 1. The molecular weight excluding hydrogens is 270 g/mol. The Morgan fingerprint density at radius 1 is 1.25 bits per heavy atom. The zero-order chi connectivity index (χ0) is 13.4. The number of aromatic nitrogens is 2. The van der Waals surface area contributed by atoms with Crippen molar-refractivity contribution in [1.82, 2.24) is 15.5 Å². The number of para-hydroxylation sites is 1. The smallest absolute Gasteiger partial charge is 0.131 e. The average molecular weight is 287 g/mol. The molecule has 104 valence electrons. The number of hydrogen-bond donors (Lipinski definition) is 1. The van der Waals surface area contributed by atoms with Crippen LogP contribution in [0, 0.1) is 0 Å². The fourth-order valence-corrected chi connectivity index (χ4v) is 3.39. The molecule has 1 unspecified atom stereocenters. The largest absolute Gasteiger partial charge is 0.493 e. The second kappa shape index (κ2) is 5.14. The molecule has 1 aromatic heterocycles. The topological polar surface area (TPSA) is 47.0 Å². The van der Waals surface area contributed by atoms with Crippen molar-refractivity contribution in [3.63, 3.8) is 0 Å². The summed E-state index contributed by atoms with van der Waals surface area (Å²) < 4.78 is 5.83. The van der Waals surface area contributed by atoms with Crippen LogP contribution in [0.2, 0.25) is 0 Å². The molecule has 2 aliphatic rings. The van der Waals surface area contributed by atoms with E-state index < -0.39 is 0 Å². The molecule has 0 bridgehead atoms. The third-order valence-corrected chi connectivity index (χ3v) is 4.92. The SMILES string of the molecule is c1ccc2c(c1)CC(c1nnc(CNC3CC3)s1)CO2. The summed E-state index contributed by atoms with van der Waals surface area (Å²) in [5.74, 6) is 1.36. The van der Waals surface area contributed by atoms with Crippen molar-refractivity contribution in [2.45, 2.75) is 37.8 Å². The van der Waals surface area contributed by atoms with Gasteiger partial charge in [0.2, 0.25) is 0 Å². The lowest BCUT2D eigenvalue weighted by Crippen LogP contribution is -2.18. The molecule has 0 radical (unpaired) electrons. The van der Waals surface area contributed by atoms with Crippen molar-refractivity contribution in [3.05, 3.63) is 39.8 Å². The van der Waals surface area contributed by atoms with E-state index in [1.807, 2.05) is 12.1 Å². The van der Waals surface area contributed by atoms with Crippen LogP contribution in [0.5, 0.6) is 5.75 Å². The molecule has 1 aliphatic heterocycles. The number of nitrogens with zero attached hydrogens (tertiary/aromatic N) is 2. The Morgan fingerprint density at radius 2 is 2.15 bits per heavy atom. The fraction of sp³-hybridized carbons (Fsp3) is 0.467. The molecule has 1 atom stereocenters. The molecule has 0 amide bonds. The van der Waals surface area contributed by atoms with E-state index in [1.165, 1.54) is 18.4 Å². The highest BCUT2D eigenvalue weighted by Crippen LogP contribution is 2.33. The van der Waals surface area contributed by atoms with Crippen molar-refractivity contribution in [1.29, 1.82) is 0 Å². The van der Waals surface area contributed by atoms with Gasteiger partial charge in [-0.2, -0.15) is 0 Å². The van der Waals surface area contributed by atoms with Crippen LogP contribution in [0.4, 0.5) is 0 Å². The van der Waals surface area contributed by atoms with Gasteiger partial charge in [-0.1, -0.05) is 29.5 Å². The van der Waals surface area contributed by atoms with E-state index >= 15 is 0 Å². The first-order valence-corrected chi connectivity index (χ1v) is 7.96. The molecule has 4 nitrogen and oxygen atoms in total. The quantitative estimate of drug-likeness (QED) is 0.938. The summed E-state index contributed by atoms with van der Waals surface area (Å²) in [6.45, 7) is 1.56. The van der Waals surface area contributed by atoms with E-state index in [0.29, 0.717) is 18.6 Å². The first kappa shape index (κ1) is 12.3. The monoisotopic (exact) mass is 287 g/mol. The lowest BCUT2D eigenvalue weighted by molar-refractivity contribution is 0.262. The molecule has 1 aliphatic carbocycles. The van der Waals surface area contributed by atoms with E-state index in [0.717, 1.165) is 28.7 Å². The first-order valence-electron chi connectivity index (χ1n) is 7.15. The molecule has 5 heteroatoms. The molecule has 2 heterocycles. The second-order valence-corrected chi connectivity index (χ2v) is 6.60. The van der Waals surface area contributed by atoms with Crippen LogP contribution in [0.15, 0.2) is 24.3 Å². The van der Waals surface area contributed by atoms with E-state index in [2.05, 4.69) is 27.6 Å². The standard InChI is InChI=1S/C15H17N3OS/c1-2-4-13-10(3-1)7-11(9-19-13)15-18-17-14(20-15)8-16-12-5-6-12/h1-4,11-12,16H,5-9H2. The second-order valence-electron chi connectivity index (χ2n) is 5.51. The summed E-state index contributed by atoms with van der Waals surface area (Å²) in [5.41, 5.74) is 1.27. The summed E-state index contributed by atoms with van der Waals surface area (Å²) in [6, 6.07) is 8.98. The van der Waals surface area contributed by atoms with Crippen LogP contribution in [0.25, 0.3) is 0 Å². The van der Waals surface area contributed by atoms with Crippen molar-refractivity contribution < 1.29 is 4.74 Å². The Hall–Kier alpha value is -1.46. The summed E-state index contributed by atoms with van der Waals surface area (Å²) in [6.07, 6.45) is 3.61. The van der Waals surface area contributed by atoms with Gasteiger partial charge in [0.05, 0.1) is 12.5 Å². The van der Waals surface area contributed by atoms with Gasteiger partial charge in [-0.25, -0.2) is 0 Å². The van der Waals surface area contributed by atoms with Gasteiger partial charge in [-0.05, 0) is 30.9 Å². The van der Waals surface area contributed by atoms with E-state index in [-0.39, 0.29) is 0 Å². The van der Waals surface area contributed by atoms with Crippen molar-refractivity contribution in [2.24, 2.45) is 0 Å². The molecule has 0 spiro atoms. The number of hydrogen-bond acceptors (Lipinski definition) is 5. The van der Waals surface area contributed by atoms with Gasteiger partial charge in [0.1, 0.15) is 15.8 Å². The zero-order valence-electron chi connectivity index (χ0n) is 11.2. The van der Waals surface area contributed by atoms with Crippen LogP contribution in [0.1, 0.15) is 34.3 Å². The normalized spacial score (nSPS) is 21.3. The third kappa shape index (κ3) is 2.55. The Bertz CT molecular complexity index is 609. The van der Waals surface area contributed by atoms with Crippen LogP contribution < -0.4 is 10.1 Å². The fourth-order valence-electron chi connectivity index (χ4n) is 2.51. The number of fused-ring (bicyclic) bond motifs is 1.